The Balaban J connectivity index is 1.78. The lowest BCUT2D eigenvalue weighted by Crippen LogP contribution is -2.33. The molecule has 0 atom stereocenters. The van der Waals surface area contributed by atoms with Gasteiger partial charge in [-0.15, -0.1) is 0 Å². The fourth-order valence-corrected chi connectivity index (χ4v) is 4.18. The molecule has 1 heterocycles. The Morgan fingerprint density at radius 2 is 1.77 bits per heavy atom. The third-order valence-corrected chi connectivity index (χ3v) is 6.01. The molecule has 3 rings (SSSR count). The normalized spacial score (nSPS) is 11.4. The number of ether oxygens (including phenoxy) is 1. The third-order valence-electron chi connectivity index (χ3n) is 4.88. The molecule has 1 aromatic heterocycles. The van der Waals surface area contributed by atoms with Crippen LogP contribution in [0, 0.1) is 0 Å². The highest BCUT2D eigenvalue weighted by Gasteiger charge is 2.12. The van der Waals surface area contributed by atoms with Gasteiger partial charge >= 0.3 is 6.03 Å². The monoisotopic (exact) mass is 535 g/mol. The summed E-state index contributed by atoms with van der Waals surface area (Å²) in [6, 6.07) is 14.8. The molecule has 2 aromatic carbocycles. The number of nitrogens with one attached hydrogen (secondary N) is 2. The van der Waals surface area contributed by atoms with Gasteiger partial charge in [0.15, 0.2) is 0 Å². The number of aromatic nitrogens is 1. The van der Waals surface area contributed by atoms with E-state index in [-0.39, 0.29) is 10.6 Å². The van der Waals surface area contributed by atoms with Gasteiger partial charge in [0.2, 0.25) is 10.0 Å². The van der Waals surface area contributed by atoms with Gasteiger partial charge < -0.3 is 14.6 Å². The highest BCUT2D eigenvalue weighted by Crippen LogP contribution is 2.22. The highest BCUT2D eigenvalue weighted by molar-refractivity contribution is 7.89. The fraction of sp³-hybridized carbons (Fsp3) is 0.167. The van der Waals surface area contributed by atoms with Crippen LogP contribution in [-0.2, 0) is 23.0 Å². The molecule has 35 heavy (non-hydrogen) atoms. The maximum absolute atomic E-state index is 12.8. The van der Waals surface area contributed by atoms with E-state index in [0.717, 1.165) is 17.4 Å². The van der Waals surface area contributed by atoms with Crippen molar-refractivity contribution >= 4 is 57.1 Å². The van der Waals surface area contributed by atoms with Crippen LogP contribution in [0.4, 0.5) is 10.5 Å². The molecule has 0 aliphatic heterocycles. The Hall–Kier alpha value is -3.27. The van der Waals surface area contributed by atoms with E-state index in [1.165, 1.54) is 10.6 Å². The number of methoxy groups -OCH3 is 1. The van der Waals surface area contributed by atoms with Crippen LogP contribution in [0.5, 0.6) is 5.75 Å². The molecule has 2 amide bonds. The number of urea groups is 1. The lowest BCUT2D eigenvalue weighted by molar-refractivity contribution is 0.256. The van der Waals surface area contributed by atoms with Crippen molar-refractivity contribution in [2.24, 2.45) is 0 Å². The smallest absolute Gasteiger partial charge is 0.332 e. The Bertz CT molecular complexity index is 1420. The van der Waals surface area contributed by atoms with Crippen molar-refractivity contribution in [2.75, 3.05) is 18.7 Å². The van der Waals surface area contributed by atoms with Gasteiger partial charge in [-0.3, -0.25) is 4.79 Å². The number of sulfonamides is 1. The van der Waals surface area contributed by atoms with Crippen molar-refractivity contribution in [3.8, 4) is 5.75 Å². The van der Waals surface area contributed by atoms with Crippen molar-refractivity contribution in [3.63, 3.8) is 0 Å². The van der Waals surface area contributed by atoms with E-state index >= 15 is 0 Å². The molecule has 0 radical (unpaired) electrons. The summed E-state index contributed by atoms with van der Waals surface area (Å²) >= 11 is 12.5. The average molecular weight is 536 g/mol. The summed E-state index contributed by atoms with van der Waals surface area (Å²) in [7, 11) is -2.07. The largest absolute Gasteiger partial charge is 0.497 e. The van der Waals surface area contributed by atoms with Crippen molar-refractivity contribution in [3.05, 3.63) is 91.8 Å². The lowest BCUT2D eigenvalue weighted by atomic mass is 10.1. The van der Waals surface area contributed by atoms with E-state index in [4.69, 9.17) is 27.9 Å². The number of carbonyl (C=O) groups is 1. The van der Waals surface area contributed by atoms with Crippen LogP contribution in [0.1, 0.15) is 16.8 Å². The van der Waals surface area contributed by atoms with E-state index in [9.17, 15) is 18.0 Å². The summed E-state index contributed by atoms with van der Waals surface area (Å²) in [6.07, 6.45) is 4.95. The van der Waals surface area contributed by atoms with Gasteiger partial charge in [-0.05, 0) is 54.0 Å². The van der Waals surface area contributed by atoms with Gasteiger partial charge in [0, 0.05) is 12.2 Å². The topological polar surface area (TPSA) is 106 Å². The molecule has 11 heteroatoms. The summed E-state index contributed by atoms with van der Waals surface area (Å²) in [6.45, 7) is 0.304. The first-order valence-electron chi connectivity index (χ1n) is 10.3. The predicted octanol–water partition coefficient (Wildman–Crippen LogP) is 4.66. The molecule has 8 nitrogen and oxygen atoms in total. The highest BCUT2D eigenvalue weighted by atomic mass is 35.5. The number of hydrogen-bond acceptors (Lipinski definition) is 5. The second-order valence-electron chi connectivity index (χ2n) is 7.57. The Morgan fingerprint density at radius 1 is 1.06 bits per heavy atom. The van der Waals surface area contributed by atoms with E-state index in [0.29, 0.717) is 35.1 Å². The van der Waals surface area contributed by atoms with Crippen LogP contribution in [-0.4, -0.2) is 32.4 Å². The summed E-state index contributed by atoms with van der Waals surface area (Å²) < 4.78 is 30.8. The lowest BCUT2D eigenvalue weighted by Gasteiger charge is -2.13. The first-order valence-corrected chi connectivity index (χ1v) is 13.0. The number of nitrogens with zero attached hydrogens (tertiary/aromatic N) is 1. The third kappa shape index (κ3) is 7.61. The van der Waals surface area contributed by atoms with Crippen LogP contribution < -0.4 is 20.3 Å². The molecule has 2 N–H and O–H groups in total. The van der Waals surface area contributed by atoms with E-state index in [2.05, 4.69) is 5.32 Å². The van der Waals surface area contributed by atoms with Gasteiger partial charge in [0.1, 0.15) is 10.8 Å². The van der Waals surface area contributed by atoms with Crippen LogP contribution in [0.15, 0.2) is 59.4 Å². The second kappa shape index (κ2) is 11.4. The van der Waals surface area contributed by atoms with Gasteiger partial charge in [-0.1, -0.05) is 53.5 Å². The maximum Gasteiger partial charge on any atom is 0.332 e. The number of anilines is 1. The average Bonchev–Trinajstić information content (AvgIpc) is 2.79. The Labute approximate surface area is 213 Å². The maximum atomic E-state index is 12.8. The van der Waals surface area contributed by atoms with E-state index < -0.39 is 16.1 Å². The van der Waals surface area contributed by atoms with Crippen molar-refractivity contribution in [1.29, 1.82) is 0 Å². The second-order valence-corrected chi connectivity index (χ2v) is 10.1. The minimum Gasteiger partial charge on any atom is -0.497 e. The molecule has 0 saturated carbocycles. The predicted molar refractivity (Wildman–Crippen MR) is 140 cm³/mol. The van der Waals surface area contributed by atoms with Crippen LogP contribution in [0.3, 0.4) is 0 Å². The molecule has 184 valence electrons. The summed E-state index contributed by atoms with van der Waals surface area (Å²) in [5.74, 6) is 0.707. The summed E-state index contributed by atoms with van der Waals surface area (Å²) in [4.78, 5) is 24.5. The molecule has 0 fully saturated rings. The molecular formula is C24H23Cl2N3O5S. The number of amides is 2. The molecule has 0 aliphatic rings. The minimum atomic E-state index is -3.66. The van der Waals surface area contributed by atoms with Crippen LogP contribution in [0.25, 0.3) is 12.2 Å². The first-order chi connectivity index (χ1) is 16.6. The quantitative estimate of drug-likeness (QED) is 0.436. The molecule has 0 bridgehead atoms. The van der Waals surface area contributed by atoms with Crippen molar-refractivity contribution in [1.82, 2.24) is 9.29 Å². The number of halogens is 2. The molecular weight excluding hydrogens is 513 g/mol. The van der Waals surface area contributed by atoms with Crippen LogP contribution >= 0.6 is 23.2 Å². The van der Waals surface area contributed by atoms with Crippen LogP contribution in [0.2, 0.25) is 10.0 Å². The zero-order valence-corrected chi connectivity index (χ0v) is 21.2. The number of pyridine rings is 1. The number of benzene rings is 2. The Morgan fingerprint density at radius 3 is 2.43 bits per heavy atom. The number of rotatable bonds is 8. The standard InChI is InChI=1S/C24H23Cl2N3O5S/c1-34-19-5-3-4-17(14-19)8-11-22-20(25)15-21(26)23(30)29(22)13-12-16-6-9-18(10-7-16)27-24(31)28-35(2,32)33/h3-11,14-15H,12-13H2,1-2H3,(H2,27,28,31)/b11-8+. The molecule has 0 saturated heterocycles. The van der Waals surface area contributed by atoms with E-state index in [1.807, 2.05) is 35.1 Å². The van der Waals surface area contributed by atoms with Gasteiger partial charge in [-0.25, -0.2) is 17.9 Å². The molecule has 0 unspecified atom stereocenters. The van der Waals surface area contributed by atoms with Gasteiger partial charge in [0.25, 0.3) is 5.56 Å². The van der Waals surface area contributed by atoms with Gasteiger partial charge in [-0.2, -0.15) is 0 Å². The zero-order chi connectivity index (χ0) is 25.6. The van der Waals surface area contributed by atoms with Crippen molar-refractivity contribution < 1.29 is 17.9 Å². The number of carbonyl (C=O) groups excluding carboxylic acids is 1. The molecule has 0 aliphatic carbocycles. The Kier molecular flexibility index (Phi) is 8.61. The number of hydrogen-bond donors (Lipinski definition) is 2. The SMILES string of the molecule is COc1cccc(/C=C/c2c(Cl)cc(Cl)c(=O)n2CCc2ccc(NC(=O)NS(C)(=O)=O)cc2)c1. The van der Waals surface area contributed by atoms with Crippen molar-refractivity contribution in [2.45, 2.75) is 13.0 Å². The minimum absolute atomic E-state index is 0.0185. The fourth-order valence-electron chi connectivity index (χ4n) is 3.25. The number of aryl methyl sites for hydroxylation is 1. The zero-order valence-electron chi connectivity index (χ0n) is 18.9. The van der Waals surface area contributed by atoms with Gasteiger partial charge in [0.05, 0.1) is 24.1 Å². The molecule has 3 aromatic rings. The summed E-state index contributed by atoms with van der Waals surface area (Å²) in [5.41, 5.74) is 2.32. The molecule has 0 spiro atoms. The van der Waals surface area contributed by atoms with E-state index in [1.54, 1.807) is 37.5 Å². The summed E-state index contributed by atoms with van der Waals surface area (Å²) in [5, 5.41) is 2.79. The first kappa shape index (κ1) is 26.3.